The minimum Gasteiger partial charge on any atom is -0.298 e. The van der Waals surface area contributed by atoms with Gasteiger partial charge in [-0.2, -0.15) is 0 Å². The number of benzene rings is 3. The standard InChI is InChI=1S/C23H17ClFN3OS/c24-19-10-6-18(7-11-19)22-26-27-23(28(22)14-16-4-2-1-3-5-16)30-15-21(29)17-8-12-20(25)13-9-17/h1-13H,14-15H2. The van der Waals surface area contributed by atoms with Gasteiger partial charge in [0.1, 0.15) is 5.82 Å². The van der Waals surface area contributed by atoms with Crippen molar-refractivity contribution in [1.29, 1.82) is 0 Å². The third kappa shape index (κ3) is 4.78. The van der Waals surface area contributed by atoms with Gasteiger partial charge in [0.25, 0.3) is 0 Å². The quantitative estimate of drug-likeness (QED) is 0.272. The molecule has 4 aromatic rings. The summed E-state index contributed by atoms with van der Waals surface area (Å²) in [5.41, 5.74) is 2.45. The number of thioether (sulfide) groups is 1. The van der Waals surface area contributed by atoms with Gasteiger partial charge >= 0.3 is 0 Å². The van der Waals surface area contributed by atoms with Crippen LogP contribution in [0.1, 0.15) is 15.9 Å². The minimum absolute atomic E-state index is 0.0951. The molecule has 0 spiro atoms. The molecular weight excluding hydrogens is 421 g/mol. The molecule has 0 bridgehead atoms. The third-order valence-corrected chi connectivity index (χ3v) is 5.72. The molecule has 150 valence electrons. The van der Waals surface area contributed by atoms with Crippen LogP contribution in [0.25, 0.3) is 11.4 Å². The van der Waals surface area contributed by atoms with Crippen LogP contribution in [0.4, 0.5) is 4.39 Å². The highest BCUT2D eigenvalue weighted by Gasteiger charge is 2.17. The predicted octanol–water partition coefficient (Wildman–Crippen LogP) is 5.76. The number of hydrogen-bond donors (Lipinski definition) is 0. The summed E-state index contributed by atoms with van der Waals surface area (Å²) in [6, 6.07) is 22.9. The van der Waals surface area contributed by atoms with Crippen molar-refractivity contribution in [3.63, 3.8) is 0 Å². The normalized spacial score (nSPS) is 10.9. The lowest BCUT2D eigenvalue weighted by Gasteiger charge is -2.10. The summed E-state index contributed by atoms with van der Waals surface area (Å²) in [7, 11) is 0. The molecule has 7 heteroatoms. The van der Waals surface area contributed by atoms with Gasteiger partial charge in [0.15, 0.2) is 16.8 Å². The van der Waals surface area contributed by atoms with E-state index < -0.39 is 0 Å². The van der Waals surface area contributed by atoms with Crippen molar-refractivity contribution in [3.8, 4) is 11.4 Å². The molecular formula is C23H17ClFN3OS. The Kier molecular flexibility index (Phi) is 6.26. The van der Waals surface area contributed by atoms with Crippen molar-refractivity contribution in [2.75, 3.05) is 5.75 Å². The maximum absolute atomic E-state index is 13.1. The monoisotopic (exact) mass is 437 g/mol. The zero-order chi connectivity index (χ0) is 20.9. The van der Waals surface area contributed by atoms with Crippen molar-refractivity contribution >= 4 is 29.1 Å². The Hall–Kier alpha value is -2.96. The molecule has 4 nitrogen and oxygen atoms in total. The minimum atomic E-state index is -0.366. The first kappa shape index (κ1) is 20.3. The predicted molar refractivity (Wildman–Crippen MR) is 117 cm³/mol. The molecule has 0 radical (unpaired) electrons. The van der Waals surface area contributed by atoms with E-state index in [0.717, 1.165) is 11.1 Å². The van der Waals surface area contributed by atoms with Crippen LogP contribution >= 0.6 is 23.4 Å². The van der Waals surface area contributed by atoms with Crippen LogP contribution in [0.2, 0.25) is 5.02 Å². The molecule has 0 aliphatic heterocycles. The van der Waals surface area contributed by atoms with Gasteiger partial charge in [-0.1, -0.05) is 53.7 Å². The third-order valence-electron chi connectivity index (χ3n) is 4.50. The number of aromatic nitrogens is 3. The summed E-state index contributed by atoms with van der Waals surface area (Å²) in [4.78, 5) is 12.5. The Morgan fingerprint density at radius 1 is 0.933 bits per heavy atom. The fourth-order valence-electron chi connectivity index (χ4n) is 2.97. The van der Waals surface area contributed by atoms with E-state index in [2.05, 4.69) is 10.2 Å². The van der Waals surface area contributed by atoms with E-state index >= 15 is 0 Å². The number of halogens is 2. The van der Waals surface area contributed by atoms with Gasteiger partial charge in [-0.25, -0.2) is 4.39 Å². The number of carbonyl (C=O) groups is 1. The molecule has 0 unspecified atom stereocenters. The van der Waals surface area contributed by atoms with Gasteiger partial charge in [0.2, 0.25) is 0 Å². The van der Waals surface area contributed by atoms with E-state index in [0.29, 0.717) is 28.1 Å². The second-order valence-corrected chi connectivity index (χ2v) is 7.98. The van der Waals surface area contributed by atoms with Gasteiger partial charge in [-0.15, -0.1) is 10.2 Å². The molecule has 0 N–H and O–H groups in total. The fraction of sp³-hybridized carbons (Fsp3) is 0.0870. The lowest BCUT2D eigenvalue weighted by molar-refractivity contribution is 0.102. The SMILES string of the molecule is O=C(CSc1nnc(-c2ccc(Cl)cc2)n1Cc1ccccc1)c1ccc(F)cc1. The molecule has 0 amide bonds. The first-order valence-electron chi connectivity index (χ1n) is 9.25. The highest BCUT2D eigenvalue weighted by Crippen LogP contribution is 2.26. The van der Waals surface area contributed by atoms with Crippen LogP contribution in [-0.2, 0) is 6.54 Å². The lowest BCUT2D eigenvalue weighted by atomic mass is 10.1. The van der Waals surface area contributed by atoms with Gasteiger partial charge in [0, 0.05) is 16.1 Å². The first-order valence-corrected chi connectivity index (χ1v) is 10.6. The van der Waals surface area contributed by atoms with Crippen molar-refractivity contribution in [2.24, 2.45) is 0 Å². The van der Waals surface area contributed by atoms with E-state index in [4.69, 9.17) is 11.6 Å². The highest BCUT2D eigenvalue weighted by atomic mass is 35.5. The van der Waals surface area contributed by atoms with E-state index in [1.165, 1.54) is 36.0 Å². The zero-order valence-corrected chi connectivity index (χ0v) is 17.4. The number of hydrogen-bond acceptors (Lipinski definition) is 4. The van der Waals surface area contributed by atoms with Gasteiger partial charge < -0.3 is 0 Å². The van der Waals surface area contributed by atoms with Crippen LogP contribution < -0.4 is 0 Å². The molecule has 0 fully saturated rings. The molecule has 0 atom stereocenters. The second kappa shape index (κ2) is 9.24. The van der Waals surface area contributed by atoms with Crippen LogP contribution in [0.15, 0.2) is 84.0 Å². The Morgan fingerprint density at radius 2 is 1.63 bits per heavy atom. The average Bonchev–Trinajstić information content (AvgIpc) is 3.16. The number of ketones is 1. The van der Waals surface area contributed by atoms with E-state index in [1.807, 2.05) is 59.2 Å². The van der Waals surface area contributed by atoms with Gasteiger partial charge in [-0.05, 0) is 54.1 Å². The summed E-state index contributed by atoms with van der Waals surface area (Å²) >= 11 is 7.33. The summed E-state index contributed by atoms with van der Waals surface area (Å²) in [6.07, 6.45) is 0. The summed E-state index contributed by atoms with van der Waals surface area (Å²) in [5.74, 6) is 0.420. The molecule has 3 aromatic carbocycles. The van der Waals surface area contributed by atoms with E-state index in [9.17, 15) is 9.18 Å². The van der Waals surface area contributed by atoms with Crippen LogP contribution in [-0.4, -0.2) is 26.3 Å². The zero-order valence-electron chi connectivity index (χ0n) is 15.8. The van der Waals surface area contributed by atoms with Crippen LogP contribution in [0.5, 0.6) is 0 Å². The number of Topliss-reactive ketones (excluding diaryl/α,β-unsaturated/α-hetero) is 1. The summed E-state index contributed by atoms with van der Waals surface area (Å²) in [6.45, 7) is 0.568. The Bertz CT molecular complexity index is 1150. The van der Waals surface area contributed by atoms with Gasteiger partial charge in [0.05, 0.1) is 12.3 Å². The van der Waals surface area contributed by atoms with Crippen molar-refractivity contribution in [1.82, 2.24) is 14.8 Å². The molecule has 30 heavy (non-hydrogen) atoms. The van der Waals surface area contributed by atoms with Gasteiger partial charge in [-0.3, -0.25) is 9.36 Å². The molecule has 0 aliphatic carbocycles. The molecule has 0 saturated heterocycles. The van der Waals surface area contributed by atoms with Crippen molar-refractivity contribution in [2.45, 2.75) is 11.7 Å². The lowest BCUT2D eigenvalue weighted by Crippen LogP contribution is -2.07. The number of carbonyl (C=O) groups excluding carboxylic acids is 1. The largest absolute Gasteiger partial charge is 0.298 e. The molecule has 1 heterocycles. The smallest absolute Gasteiger partial charge is 0.192 e. The molecule has 4 rings (SSSR count). The highest BCUT2D eigenvalue weighted by molar-refractivity contribution is 7.99. The topological polar surface area (TPSA) is 47.8 Å². The summed E-state index contributed by atoms with van der Waals surface area (Å²) < 4.78 is 15.1. The molecule has 1 aromatic heterocycles. The number of nitrogens with zero attached hydrogens (tertiary/aromatic N) is 3. The molecule has 0 aliphatic rings. The maximum Gasteiger partial charge on any atom is 0.192 e. The van der Waals surface area contributed by atoms with E-state index in [1.54, 1.807) is 0 Å². The average molecular weight is 438 g/mol. The van der Waals surface area contributed by atoms with E-state index in [-0.39, 0.29) is 17.4 Å². The Labute approximate surface area is 182 Å². The first-order chi connectivity index (χ1) is 14.6. The van der Waals surface area contributed by atoms with Crippen LogP contribution in [0, 0.1) is 5.82 Å². The van der Waals surface area contributed by atoms with Crippen molar-refractivity contribution < 1.29 is 9.18 Å². The second-order valence-electron chi connectivity index (χ2n) is 6.60. The number of rotatable bonds is 7. The fourth-order valence-corrected chi connectivity index (χ4v) is 3.92. The van der Waals surface area contributed by atoms with Crippen LogP contribution in [0.3, 0.4) is 0 Å². The Balaban J connectivity index is 1.61. The Morgan fingerprint density at radius 3 is 2.33 bits per heavy atom. The maximum atomic E-state index is 13.1. The summed E-state index contributed by atoms with van der Waals surface area (Å²) in [5, 5.41) is 9.97. The molecule has 0 saturated carbocycles. The van der Waals surface area contributed by atoms with Crippen molar-refractivity contribution in [3.05, 3.63) is 101 Å².